The summed E-state index contributed by atoms with van der Waals surface area (Å²) in [6, 6.07) is 19.6. The van der Waals surface area contributed by atoms with Gasteiger partial charge in [0.25, 0.3) is 0 Å². The van der Waals surface area contributed by atoms with E-state index in [4.69, 9.17) is 0 Å². The zero-order valence-electron chi connectivity index (χ0n) is 16.6. The van der Waals surface area contributed by atoms with Crippen molar-refractivity contribution in [3.05, 3.63) is 66.7 Å². The van der Waals surface area contributed by atoms with Gasteiger partial charge in [-0.2, -0.15) is 0 Å². The molecule has 3 N–H and O–H groups in total. The highest BCUT2D eigenvalue weighted by atomic mass is 32.2. The van der Waals surface area contributed by atoms with Crippen molar-refractivity contribution in [1.82, 2.24) is 0 Å². The average molecular weight is 422 g/mol. The van der Waals surface area contributed by atoms with Crippen LogP contribution in [0.4, 0.5) is 5.69 Å². The number of unbranched alkanes of at least 4 members (excludes halogenated alkanes) is 1. The van der Waals surface area contributed by atoms with E-state index < -0.39 is 10.0 Å². The Morgan fingerprint density at radius 3 is 2.27 bits per heavy atom. The van der Waals surface area contributed by atoms with Gasteiger partial charge in [0.1, 0.15) is 11.5 Å². The van der Waals surface area contributed by atoms with Crippen LogP contribution in [0.1, 0.15) is 19.8 Å². The van der Waals surface area contributed by atoms with Crippen LogP contribution in [0.5, 0.6) is 11.5 Å². The minimum absolute atomic E-state index is 0.00578. The van der Waals surface area contributed by atoms with Gasteiger partial charge in [0, 0.05) is 21.9 Å². The molecule has 0 fully saturated rings. The van der Waals surface area contributed by atoms with Crippen LogP contribution in [0.2, 0.25) is 0 Å². The van der Waals surface area contributed by atoms with Gasteiger partial charge in [-0.1, -0.05) is 67.9 Å². The molecule has 0 unspecified atom stereocenters. The number of hydrogen-bond donors (Lipinski definition) is 3. The van der Waals surface area contributed by atoms with Crippen LogP contribution in [0, 0.1) is 0 Å². The lowest BCUT2D eigenvalue weighted by Gasteiger charge is -2.17. The summed E-state index contributed by atoms with van der Waals surface area (Å²) in [5.41, 5.74) is 1.21. The maximum absolute atomic E-state index is 12.6. The molecular weight excluding hydrogens is 398 g/mol. The minimum atomic E-state index is -3.55. The molecule has 0 atom stereocenters. The van der Waals surface area contributed by atoms with Crippen LogP contribution >= 0.6 is 0 Å². The highest BCUT2D eigenvalue weighted by Gasteiger charge is 2.20. The molecule has 0 amide bonds. The molecule has 0 bridgehead atoms. The summed E-state index contributed by atoms with van der Waals surface area (Å²) in [7, 11) is -3.55. The fourth-order valence-corrected chi connectivity index (χ4v) is 5.01. The van der Waals surface area contributed by atoms with E-state index in [-0.39, 0.29) is 17.3 Å². The summed E-state index contributed by atoms with van der Waals surface area (Å²) in [5.74, 6) is 0.0286. The summed E-state index contributed by atoms with van der Waals surface area (Å²) in [6.07, 6.45) is 1.33. The molecule has 6 heteroatoms. The normalized spacial score (nSPS) is 11.8. The van der Waals surface area contributed by atoms with Gasteiger partial charge in [-0.15, -0.1) is 0 Å². The number of hydrogen-bond acceptors (Lipinski definition) is 4. The SMILES string of the molecule is CCCCS(=O)(=O)Nc1cc(-c2c(O)ccc3ccccc23)c(O)c2ccccc12. The topological polar surface area (TPSA) is 86.6 Å². The van der Waals surface area contributed by atoms with Gasteiger partial charge < -0.3 is 10.2 Å². The zero-order valence-corrected chi connectivity index (χ0v) is 17.4. The van der Waals surface area contributed by atoms with E-state index in [2.05, 4.69) is 4.72 Å². The maximum atomic E-state index is 12.6. The quantitative estimate of drug-likeness (QED) is 0.353. The zero-order chi connectivity index (χ0) is 21.3. The van der Waals surface area contributed by atoms with E-state index in [1.165, 1.54) is 0 Å². The van der Waals surface area contributed by atoms with E-state index in [1.54, 1.807) is 42.5 Å². The molecule has 0 saturated carbocycles. The molecule has 30 heavy (non-hydrogen) atoms. The third-order valence-electron chi connectivity index (χ3n) is 5.22. The van der Waals surface area contributed by atoms with Gasteiger partial charge in [0.15, 0.2) is 0 Å². The van der Waals surface area contributed by atoms with Gasteiger partial charge >= 0.3 is 0 Å². The Morgan fingerprint density at radius 2 is 1.53 bits per heavy atom. The molecule has 0 saturated heterocycles. The summed E-state index contributed by atoms with van der Waals surface area (Å²) in [4.78, 5) is 0. The molecule has 0 aromatic heterocycles. The van der Waals surface area contributed by atoms with Crippen LogP contribution in [0.3, 0.4) is 0 Å². The average Bonchev–Trinajstić information content (AvgIpc) is 2.75. The lowest BCUT2D eigenvalue weighted by atomic mass is 9.93. The number of fused-ring (bicyclic) bond motifs is 2. The van der Waals surface area contributed by atoms with Crippen LogP contribution < -0.4 is 4.72 Å². The van der Waals surface area contributed by atoms with Crippen LogP contribution in [-0.2, 0) is 10.0 Å². The first kappa shape index (κ1) is 20.0. The predicted octanol–water partition coefficient (Wildman–Crippen LogP) is 5.61. The van der Waals surface area contributed by atoms with E-state index in [1.807, 2.05) is 31.2 Å². The van der Waals surface area contributed by atoms with Crippen LogP contribution in [0.15, 0.2) is 66.7 Å². The Bertz CT molecular complexity index is 1350. The van der Waals surface area contributed by atoms with E-state index in [0.717, 1.165) is 17.2 Å². The van der Waals surface area contributed by atoms with E-state index in [9.17, 15) is 18.6 Å². The summed E-state index contributed by atoms with van der Waals surface area (Å²) < 4.78 is 27.9. The van der Waals surface area contributed by atoms with Gasteiger partial charge in [0.05, 0.1) is 11.4 Å². The van der Waals surface area contributed by atoms with Crippen molar-refractivity contribution in [1.29, 1.82) is 0 Å². The Labute approximate surface area is 175 Å². The largest absolute Gasteiger partial charge is 0.507 e. The first-order valence-electron chi connectivity index (χ1n) is 9.87. The van der Waals surface area contributed by atoms with Crippen molar-refractivity contribution in [3.63, 3.8) is 0 Å². The number of benzene rings is 4. The van der Waals surface area contributed by atoms with Crippen molar-refractivity contribution < 1.29 is 18.6 Å². The second-order valence-corrected chi connectivity index (χ2v) is 9.16. The molecule has 5 nitrogen and oxygen atoms in total. The molecule has 4 aromatic carbocycles. The Hall–Kier alpha value is -3.25. The molecule has 0 aliphatic rings. The molecule has 0 spiro atoms. The number of nitrogens with one attached hydrogen (secondary N) is 1. The fourth-order valence-electron chi connectivity index (χ4n) is 3.73. The van der Waals surface area contributed by atoms with Gasteiger partial charge in [0.2, 0.25) is 10.0 Å². The minimum Gasteiger partial charge on any atom is -0.507 e. The van der Waals surface area contributed by atoms with Gasteiger partial charge in [-0.3, -0.25) is 4.72 Å². The third kappa shape index (κ3) is 3.66. The maximum Gasteiger partial charge on any atom is 0.232 e. The Kier molecular flexibility index (Phi) is 5.26. The van der Waals surface area contributed by atoms with Gasteiger partial charge in [-0.25, -0.2) is 8.42 Å². The number of aromatic hydroxyl groups is 2. The smallest absolute Gasteiger partial charge is 0.232 e. The lowest BCUT2D eigenvalue weighted by molar-refractivity contribution is 0.472. The summed E-state index contributed by atoms with van der Waals surface area (Å²) >= 11 is 0. The molecular formula is C24H23NO4S. The fraction of sp³-hybridized carbons (Fsp3) is 0.167. The third-order valence-corrected chi connectivity index (χ3v) is 6.58. The lowest BCUT2D eigenvalue weighted by Crippen LogP contribution is -2.16. The highest BCUT2D eigenvalue weighted by molar-refractivity contribution is 7.92. The molecule has 0 heterocycles. The van der Waals surface area contributed by atoms with Gasteiger partial charge in [-0.05, 0) is 29.3 Å². The van der Waals surface area contributed by atoms with Crippen LogP contribution in [0.25, 0.3) is 32.7 Å². The predicted molar refractivity (Wildman–Crippen MR) is 123 cm³/mol. The number of phenolic OH excluding ortho intramolecular Hbond substituents is 2. The molecule has 0 aliphatic heterocycles. The monoisotopic (exact) mass is 421 g/mol. The van der Waals surface area contributed by atoms with Crippen LogP contribution in [-0.4, -0.2) is 24.4 Å². The summed E-state index contributed by atoms with van der Waals surface area (Å²) in [6.45, 7) is 1.94. The molecule has 4 aromatic rings. The number of anilines is 1. The number of rotatable bonds is 6. The Morgan fingerprint density at radius 1 is 0.867 bits per heavy atom. The first-order chi connectivity index (χ1) is 14.4. The van der Waals surface area contributed by atoms with Crippen molar-refractivity contribution in [2.75, 3.05) is 10.5 Å². The van der Waals surface area contributed by atoms with Crippen molar-refractivity contribution in [3.8, 4) is 22.6 Å². The van der Waals surface area contributed by atoms with E-state index >= 15 is 0 Å². The van der Waals surface area contributed by atoms with Crippen molar-refractivity contribution in [2.24, 2.45) is 0 Å². The Balaban J connectivity index is 1.99. The standard InChI is InChI=1S/C24H23NO4S/c1-2-3-14-30(28,29)25-21-15-20(24(27)19-11-7-6-10-18(19)21)23-17-9-5-4-8-16(17)12-13-22(23)26/h4-13,15,25-27H,2-3,14H2,1H3. The second kappa shape index (κ2) is 7.88. The second-order valence-electron chi connectivity index (χ2n) is 7.32. The van der Waals surface area contributed by atoms with Crippen molar-refractivity contribution in [2.45, 2.75) is 19.8 Å². The summed E-state index contributed by atoms with van der Waals surface area (Å²) in [5, 5.41) is 24.5. The molecule has 0 radical (unpaired) electrons. The van der Waals surface area contributed by atoms with E-state index in [0.29, 0.717) is 34.0 Å². The first-order valence-corrected chi connectivity index (χ1v) is 11.5. The highest BCUT2D eigenvalue weighted by Crippen LogP contribution is 2.46. The number of sulfonamides is 1. The number of phenols is 2. The van der Waals surface area contributed by atoms with Crippen molar-refractivity contribution >= 4 is 37.3 Å². The molecule has 0 aliphatic carbocycles. The molecule has 4 rings (SSSR count). The molecule has 154 valence electrons.